The zero-order valence-corrected chi connectivity index (χ0v) is 9.71. The lowest BCUT2D eigenvalue weighted by molar-refractivity contribution is -0.0136. The molecule has 1 aromatic carbocycles. The zero-order chi connectivity index (χ0) is 10.9. The van der Waals surface area contributed by atoms with Gasteiger partial charge in [0.15, 0.2) is 0 Å². The van der Waals surface area contributed by atoms with Crippen molar-refractivity contribution >= 4 is 0 Å². The summed E-state index contributed by atoms with van der Waals surface area (Å²) in [5.41, 5.74) is 2.63. The molecule has 1 atom stereocenters. The maximum Gasteiger partial charge on any atom is 0.113 e. The number of aryl methyl sites for hydroxylation is 1. The Bertz CT molecular complexity index is 346. The van der Waals surface area contributed by atoms with E-state index in [-0.39, 0.29) is 11.8 Å². The molecule has 0 aliphatic carbocycles. The summed E-state index contributed by atoms with van der Waals surface area (Å²) >= 11 is 0. The molecule has 1 unspecified atom stereocenters. The van der Waals surface area contributed by atoms with Crippen molar-refractivity contribution in [2.24, 2.45) is 0 Å². The van der Waals surface area contributed by atoms with Gasteiger partial charge in [-0.1, -0.05) is 29.8 Å². The third kappa shape index (κ3) is 2.80. The van der Waals surface area contributed by atoms with Gasteiger partial charge >= 0.3 is 0 Å². The molecule has 1 aromatic rings. The summed E-state index contributed by atoms with van der Waals surface area (Å²) in [5, 5.41) is 3.39. The van der Waals surface area contributed by atoms with Gasteiger partial charge in [-0.3, -0.25) is 5.32 Å². The molecule has 0 spiro atoms. The fourth-order valence-corrected chi connectivity index (χ4v) is 2.00. The second-order valence-electron chi connectivity index (χ2n) is 4.94. The van der Waals surface area contributed by atoms with Gasteiger partial charge in [0, 0.05) is 13.0 Å². The van der Waals surface area contributed by atoms with E-state index < -0.39 is 0 Å². The van der Waals surface area contributed by atoms with Gasteiger partial charge < -0.3 is 4.74 Å². The number of benzene rings is 1. The lowest BCUT2D eigenvalue weighted by atomic mass is 10.1. The van der Waals surface area contributed by atoms with Gasteiger partial charge in [0.2, 0.25) is 0 Å². The number of hydrogen-bond donors (Lipinski definition) is 1. The van der Waals surface area contributed by atoms with E-state index in [0.717, 1.165) is 13.0 Å². The molecular formula is C13H19NO. The number of rotatable bonds is 2. The minimum Gasteiger partial charge on any atom is -0.356 e. The first-order valence-electron chi connectivity index (χ1n) is 5.52. The molecule has 2 rings (SSSR count). The highest BCUT2D eigenvalue weighted by Gasteiger charge is 2.30. The highest BCUT2D eigenvalue weighted by Crippen LogP contribution is 2.19. The molecule has 0 radical (unpaired) electrons. The molecule has 0 bridgehead atoms. The molecular weight excluding hydrogens is 186 g/mol. The Balaban J connectivity index is 1.99. The Morgan fingerprint density at radius 3 is 2.87 bits per heavy atom. The standard InChI is InChI=1S/C13H19NO/c1-10-5-4-6-11(7-10)8-12-14-9-13(2,3)15-12/h4-7,12,14H,8-9H2,1-3H3. The molecule has 82 valence electrons. The van der Waals surface area contributed by atoms with E-state index in [4.69, 9.17) is 4.74 Å². The average molecular weight is 205 g/mol. The van der Waals surface area contributed by atoms with Crippen molar-refractivity contribution in [2.45, 2.75) is 39.0 Å². The highest BCUT2D eigenvalue weighted by atomic mass is 16.5. The number of nitrogens with one attached hydrogen (secondary N) is 1. The number of hydrogen-bond acceptors (Lipinski definition) is 2. The van der Waals surface area contributed by atoms with Gasteiger partial charge in [-0.2, -0.15) is 0 Å². The summed E-state index contributed by atoms with van der Waals surface area (Å²) in [7, 11) is 0. The quantitative estimate of drug-likeness (QED) is 0.799. The maximum atomic E-state index is 5.88. The van der Waals surface area contributed by atoms with Gasteiger partial charge in [-0.05, 0) is 26.3 Å². The van der Waals surface area contributed by atoms with Crippen LogP contribution < -0.4 is 5.32 Å². The van der Waals surface area contributed by atoms with E-state index in [0.29, 0.717) is 0 Å². The first-order valence-corrected chi connectivity index (χ1v) is 5.52. The van der Waals surface area contributed by atoms with Gasteiger partial charge in [0.1, 0.15) is 6.23 Å². The molecule has 0 aromatic heterocycles. The Kier molecular flexibility index (Phi) is 2.81. The predicted molar refractivity (Wildman–Crippen MR) is 61.8 cm³/mol. The molecule has 2 heteroatoms. The van der Waals surface area contributed by atoms with E-state index in [1.54, 1.807) is 0 Å². The maximum absolute atomic E-state index is 5.88. The van der Waals surface area contributed by atoms with E-state index in [2.05, 4.69) is 50.4 Å². The molecule has 15 heavy (non-hydrogen) atoms. The summed E-state index contributed by atoms with van der Waals surface area (Å²) in [6.07, 6.45) is 1.12. The second kappa shape index (κ2) is 3.95. The topological polar surface area (TPSA) is 21.3 Å². The van der Waals surface area contributed by atoms with E-state index in [1.165, 1.54) is 11.1 Å². The Hall–Kier alpha value is -0.860. The molecule has 2 nitrogen and oxygen atoms in total. The summed E-state index contributed by atoms with van der Waals surface area (Å²) < 4.78 is 5.88. The fraction of sp³-hybridized carbons (Fsp3) is 0.538. The van der Waals surface area contributed by atoms with Crippen molar-refractivity contribution in [3.8, 4) is 0 Å². The molecule has 1 aliphatic heterocycles. The minimum absolute atomic E-state index is 0.0194. The molecule has 1 N–H and O–H groups in total. The third-order valence-electron chi connectivity index (χ3n) is 2.72. The Labute approximate surface area is 91.6 Å². The molecule has 0 saturated carbocycles. The molecule has 1 saturated heterocycles. The van der Waals surface area contributed by atoms with Crippen molar-refractivity contribution in [1.82, 2.24) is 5.32 Å². The van der Waals surface area contributed by atoms with Gasteiger partial charge in [0.25, 0.3) is 0 Å². The van der Waals surface area contributed by atoms with Crippen LogP contribution >= 0.6 is 0 Å². The predicted octanol–water partition coefficient (Wildman–Crippen LogP) is 2.26. The second-order valence-corrected chi connectivity index (χ2v) is 4.94. The molecule has 1 heterocycles. The van der Waals surface area contributed by atoms with E-state index in [9.17, 15) is 0 Å². The lowest BCUT2D eigenvalue weighted by Crippen LogP contribution is -2.24. The van der Waals surface area contributed by atoms with Crippen LogP contribution in [0.4, 0.5) is 0 Å². The lowest BCUT2D eigenvalue weighted by Gasteiger charge is -2.17. The first kappa shape index (κ1) is 10.7. The van der Waals surface area contributed by atoms with Crippen molar-refractivity contribution < 1.29 is 4.74 Å². The van der Waals surface area contributed by atoms with Gasteiger partial charge in [-0.15, -0.1) is 0 Å². The summed E-state index contributed by atoms with van der Waals surface area (Å²) in [6, 6.07) is 8.60. The normalized spacial score (nSPS) is 24.3. The molecule has 0 amide bonds. The van der Waals surface area contributed by atoms with Crippen molar-refractivity contribution in [3.63, 3.8) is 0 Å². The van der Waals surface area contributed by atoms with Crippen molar-refractivity contribution in [1.29, 1.82) is 0 Å². The van der Waals surface area contributed by atoms with Crippen LogP contribution in [0.25, 0.3) is 0 Å². The third-order valence-corrected chi connectivity index (χ3v) is 2.72. The number of ether oxygens (including phenoxy) is 1. The van der Waals surface area contributed by atoms with Crippen LogP contribution in [-0.2, 0) is 11.2 Å². The van der Waals surface area contributed by atoms with Crippen molar-refractivity contribution in [3.05, 3.63) is 35.4 Å². The fourth-order valence-electron chi connectivity index (χ4n) is 2.00. The SMILES string of the molecule is Cc1cccc(CC2NCC(C)(C)O2)c1. The minimum atomic E-state index is -0.0194. The zero-order valence-electron chi connectivity index (χ0n) is 9.71. The first-order chi connectivity index (χ1) is 7.05. The van der Waals surface area contributed by atoms with Crippen LogP contribution in [0.5, 0.6) is 0 Å². The highest BCUT2D eigenvalue weighted by molar-refractivity contribution is 5.22. The monoisotopic (exact) mass is 205 g/mol. The van der Waals surface area contributed by atoms with E-state index >= 15 is 0 Å². The van der Waals surface area contributed by atoms with Crippen LogP contribution in [0.1, 0.15) is 25.0 Å². The van der Waals surface area contributed by atoms with Crippen LogP contribution in [0.2, 0.25) is 0 Å². The summed E-state index contributed by atoms with van der Waals surface area (Å²) in [4.78, 5) is 0. The summed E-state index contributed by atoms with van der Waals surface area (Å²) in [6.45, 7) is 7.30. The Morgan fingerprint density at radius 2 is 2.27 bits per heavy atom. The van der Waals surface area contributed by atoms with Gasteiger partial charge in [0.05, 0.1) is 5.60 Å². The van der Waals surface area contributed by atoms with Crippen LogP contribution in [-0.4, -0.2) is 18.4 Å². The molecule has 1 fully saturated rings. The average Bonchev–Trinajstić information content (AvgIpc) is 2.45. The smallest absolute Gasteiger partial charge is 0.113 e. The van der Waals surface area contributed by atoms with Crippen LogP contribution in [0, 0.1) is 6.92 Å². The van der Waals surface area contributed by atoms with Gasteiger partial charge in [-0.25, -0.2) is 0 Å². The Morgan fingerprint density at radius 1 is 1.47 bits per heavy atom. The largest absolute Gasteiger partial charge is 0.356 e. The van der Waals surface area contributed by atoms with E-state index in [1.807, 2.05) is 0 Å². The van der Waals surface area contributed by atoms with Crippen LogP contribution in [0.3, 0.4) is 0 Å². The van der Waals surface area contributed by atoms with Crippen molar-refractivity contribution in [2.75, 3.05) is 6.54 Å². The van der Waals surface area contributed by atoms with Crippen LogP contribution in [0.15, 0.2) is 24.3 Å². The molecule has 1 aliphatic rings. The summed E-state index contributed by atoms with van der Waals surface area (Å²) in [5.74, 6) is 0.